The molecule has 0 saturated carbocycles. The fraction of sp³-hybridized carbons (Fsp3) is 0.167. The molecule has 5 heteroatoms. The molecule has 148 valence electrons. The number of carbonyl (C=O) groups excluding carboxylic acids is 1. The number of hydrogen-bond donors (Lipinski definition) is 1. The first-order valence-electron chi connectivity index (χ1n) is 9.42. The summed E-state index contributed by atoms with van der Waals surface area (Å²) in [5.74, 6) is -1.02. The zero-order chi connectivity index (χ0) is 20.5. The van der Waals surface area contributed by atoms with Gasteiger partial charge < -0.3 is 9.84 Å². The normalized spacial score (nSPS) is 11.4. The molecular weight excluding hydrogens is 366 g/mol. The molecule has 1 N–H and O–H groups in total. The fourth-order valence-electron chi connectivity index (χ4n) is 3.04. The van der Waals surface area contributed by atoms with Crippen LogP contribution in [0.15, 0.2) is 91.0 Å². The summed E-state index contributed by atoms with van der Waals surface area (Å²) in [6.07, 6.45) is -1.69. The number of amides is 1. The van der Waals surface area contributed by atoms with Crippen molar-refractivity contribution in [2.75, 3.05) is 0 Å². The van der Waals surface area contributed by atoms with Crippen LogP contribution in [0.25, 0.3) is 0 Å². The quantitative estimate of drug-likeness (QED) is 0.586. The molecule has 3 rings (SSSR count). The lowest BCUT2D eigenvalue weighted by Gasteiger charge is -2.25. The summed E-state index contributed by atoms with van der Waals surface area (Å²) in [7, 11) is 0. The van der Waals surface area contributed by atoms with Gasteiger partial charge in [-0.05, 0) is 16.7 Å². The van der Waals surface area contributed by atoms with Crippen LogP contribution in [-0.4, -0.2) is 22.1 Å². The Morgan fingerprint density at radius 2 is 1.21 bits per heavy atom. The minimum atomic E-state index is -1.02. The van der Waals surface area contributed by atoms with Crippen LogP contribution in [0.3, 0.4) is 0 Å². The molecule has 0 fully saturated rings. The van der Waals surface area contributed by atoms with Crippen molar-refractivity contribution in [1.82, 2.24) is 4.90 Å². The highest BCUT2D eigenvalue weighted by molar-refractivity contribution is 5.71. The summed E-state index contributed by atoms with van der Waals surface area (Å²) in [4.78, 5) is 25.9. The Morgan fingerprint density at radius 1 is 0.759 bits per heavy atom. The fourth-order valence-corrected chi connectivity index (χ4v) is 3.04. The number of rotatable bonds is 8. The van der Waals surface area contributed by atoms with Crippen molar-refractivity contribution >= 4 is 12.1 Å². The summed E-state index contributed by atoms with van der Waals surface area (Å²) in [5.41, 5.74) is 2.59. The third kappa shape index (κ3) is 6.21. The Bertz CT molecular complexity index is 872. The number of benzene rings is 3. The Labute approximate surface area is 170 Å². The summed E-state index contributed by atoms with van der Waals surface area (Å²) in [6, 6.07) is 28.2. The van der Waals surface area contributed by atoms with Gasteiger partial charge in [-0.2, -0.15) is 0 Å². The molecule has 0 radical (unpaired) electrons. The topological polar surface area (TPSA) is 66.8 Å². The molecule has 0 saturated heterocycles. The zero-order valence-corrected chi connectivity index (χ0v) is 16.0. The maximum absolute atomic E-state index is 13.0. The molecule has 3 aromatic carbocycles. The van der Waals surface area contributed by atoms with Crippen molar-refractivity contribution in [1.29, 1.82) is 0 Å². The van der Waals surface area contributed by atoms with Gasteiger partial charge in [0.15, 0.2) is 0 Å². The van der Waals surface area contributed by atoms with E-state index >= 15 is 0 Å². The lowest BCUT2D eigenvalue weighted by molar-refractivity contribution is -0.139. The molecule has 0 aliphatic rings. The van der Waals surface area contributed by atoms with Crippen LogP contribution in [-0.2, 0) is 22.6 Å². The lowest BCUT2D eigenvalue weighted by atomic mass is 10.1. The summed E-state index contributed by atoms with van der Waals surface area (Å²) >= 11 is 0. The van der Waals surface area contributed by atoms with Crippen molar-refractivity contribution in [3.8, 4) is 0 Å². The van der Waals surface area contributed by atoms with E-state index in [1.54, 1.807) is 29.2 Å². The van der Waals surface area contributed by atoms with Crippen molar-refractivity contribution in [2.45, 2.75) is 25.6 Å². The first-order valence-corrected chi connectivity index (χ1v) is 9.42. The second kappa shape index (κ2) is 10.1. The number of nitrogens with zero attached hydrogens (tertiary/aromatic N) is 1. The van der Waals surface area contributed by atoms with Crippen LogP contribution < -0.4 is 0 Å². The zero-order valence-electron chi connectivity index (χ0n) is 16.0. The molecule has 0 bridgehead atoms. The van der Waals surface area contributed by atoms with E-state index in [9.17, 15) is 14.7 Å². The summed E-state index contributed by atoms with van der Waals surface area (Å²) in [6.45, 7) is 0.728. The van der Waals surface area contributed by atoms with Gasteiger partial charge in [0.1, 0.15) is 6.10 Å². The second-order valence-corrected chi connectivity index (χ2v) is 6.71. The monoisotopic (exact) mass is 389 g/mol. The molecule has 0 aliphatic heterocycles. The predicted octanol–water partition coefficient (Wildman–Crippen LogP) is 5.04. The highest BCUT2D eigenvalue weighted by Crippen LogP contribution is 2.23. The number of hydrogen-bond acceptors (Lipinski definition) is 3. The minimum absolute atomic E-state index is 0.291. The minimum Gasteiger partial charge on any atom is -0.481 e. The van der Waals surface area contributed by atoms with Crippen LogP contribution in [0.1, 0.15) is 29.2 Å². The van der Waals surface area contributed by atoms with Crippen LogP contribution in [0.4, 0.5) is 4.79 Å². The maximum atomic E-state index is 13.0. The molecular formula is C24H23NO4. The Balaban J connectivity index is 1.80. The Kier molecular flexibility index (Phi) is 7.00. The Morgan fingerprint density at radius 3 is 1.66 bits per heavy atom. The van der Waals surface area contributed by atoms with Gasteiger partial charge in [-0.25, -0.2) is 4.79 Å². The van der Waals surface area contributed by atoms with Gasteiger partial charge in [-0.3, -0.25) is 9.69 Å². The number of carboxylic acid groups (broad SMARTS) is 1. The van der Waals surface area contributed by atoms with Gasteiger partial charge in [0.2, 0.25) is 0 Å². The first kappa shape index (κ1) is 20.1. The van der Waals surface area contributed by atoms with E-state index in [-0.39, 0.29) is 6.42 Å². The molecule has 0 spiro atoms. The van der Waals surface area contributed by atoms with Crippen molar-refractivity contribution < 1.29 is 19.4 Å². The van der Waals surface area contributed by atoms with E-state index in [4.69, 9.17) is 4.74 Å². The molecule has 0 heterocycles. The average Bonchev–Trinajstić information content (AvgIpc) is 2.74. The number of carbonyl (C=O) groups is 2. The Hall–Kier alpha value is -3.60. The predicted molar refractivity (Wildman–Crippen MR) is 110 cm³/mol. The molecule has 1 amide bonds. The van der Waals surface area contributed by atoms with Crippen LogP contribution >= 0.6 is 0 Å². The largest absolute Gasteiger partial charge is 0.481 e. The third-order valence-electron chi connectivity index (χ3n) is 4.47. The first-order chi connectivity index (χ1) is 14.1. The maximum Gasteiger partial charge on any atom is 0.410 e. The van der Waals surface area contributed by atoms with E-state index in [1.165, 1.54) is 0 Å². The van der Waals surface area contributed by atoms with E-state index < -0.39 is 18.2 Å². The van der Waals surface area contributed by atoms with Crippen LogP contribution in [0, 0.1) is 0 Å². The number of ether oxygens (including phenoxy) is 1. The molecule has 5 nitrogen and oxygen atoms in total. The van der Waals surface area contributed by atoms with Crippen LogP contribution in [0.2, 0.25) is 0 Å². The average molecular weight is 389 g/mol. The van der Waals surface area contributed by atoms with Crippen LogP contribution in [0.5, 0.6) is 0 Å². The summed E-state index contributed by atoms with van der Waals surface area (Å²) in [5, 5.41) is 9.26. The van der Waals surface area contributed by atoms with Gasteiger partial charge in [0.05, 0.1) is 6.42 Å². The van der Waals surface area contributed by atoms with Crippen molar-refractivity contribution in [3.63, 3.8) is 0 Å². The van der Waals surface area contributed by atoms with Crippen molar-refractivity contribution in [2.24, 2.45) is 0 Å². The standard InChI is InChI=1S/C24H23NO4/c26-23(27)16-22(21-14-8-3-9-15-21)29-24(28)25(17-19-10-4-1-5-11-19)18-20-12-6-2-7-13-20/h1-15,22H,16-18H2,(H,26,27). The van der Waals surface area contributed by atoms with E-state index in [1.807, 2.05) is 66.7 Å². The molecule has 3 aromatic rings. The number of carboxylic acids is 1. The lowest BCUT2D eigenvalue weighted by Crippen LogP contribution is -2.32. The SMILES string of the molecule is O=C(O)CC(OC(=O)N(Cc1ccccc1)Cc1ccccc1)c1ccccc1. The highest BCUT2D eigenvalue weighted by Gasteiger charge is 2.24. The molecule has 0 aliphatic carbocycles. The smallest absolute Gasteiger partial charge is 0.410 e. The molecule has 0 aromatic heterocycles. The number of aliphatic carboxylic acids is 1. The molecule has 1 atom stereocenters. The molecule has 29 heavy (non-hydrogen) atoms. The van der Waals surface area contributed by atoms with Gasteiger partial charge in [-0.15, -0.1) is 0 Å². The van der Waals surface area contributed by atoms with E-state index in [0.717, 1.165) is 11.1 Å². The van der Waals surface area contributed by atoms with Gasteiger partial charge in [0.25, 0.3) is 0 Å². The van der Waals surface area contributed by atoms with Crippen molar-refractivity contribution in [3.05, 3.63) is 108 Å². The highest BCUT2D eigenvalue weighted by atomic mass is 16.6. The third-order valence-corrected chi connectivity index (χ3v) is 4.47. The van der Waals surface area contributed by atoms with E-state index in [0.29, 0.717) is 18.7 Å². The van der Waals surface area contributed by atoms with Gasteiger partial charge in [-0.1, -0.05) is 91.0 Å². The van der Waals surface area contributed by atoms with E-state index in [2.05, 4.69) is 0 Å². The molecule has 1 unspecified atom stereocenters. The summed E-state index contributed by atoms with van der Waals surface area (Å²) < 4.78 is 5.66. The van der Waals surface area contributed by atoms with Gasteiger partial charge in [0, 0.05) is 13.1 Å². The second-order valence-electron chi connectivity index (χ2n) is 6.71. The van der Waals surface area contributed by atoms with Gasteiger partial charge >= 0.3 is 12.1 Å².